The van der Waals surface area contributed by atoms with Crippen LogP contribution in [0.5, 0.6) is 0 Å². The second-order valence-electron chi connectivity index (χ2n) is 5.73. The van der Waals surface area contributed by atoms with Crippen molar-refractivity contribution in [1.82, 2.24) is 0 Å². The van der Waals surface area contributed by atoms with E-state index in [0.717, 1.165) is 34.6 Å². The molecule has 0 amide bonds. The van der Waals surface area contributed by atoms with Crippen LogP contribution in [0.3, 0.4) is 0 Å². The van der Waals surface area contributed by atoms with E-state index in [-0.39, 0.29) is 11.6 Å². The molecule has 0 aliphatic carbocycles. The Morgan fingerprint density at radius 1 is 0.842 bits per heavy atom. The topological polar surface area (TPSA) is 51.2 Å². The Hall–Kier alpha value is -0.191. The van der Waals surface area contributed by atoms with Crippen molar-refractivity contribution in [1.29, 1.82) is 0 Å². The van der Waals surface area contributed by atoms with Crippen molar-refractivity contribution in [2.24, 2.45) is 0 Å². The Morgan fingerprint density at radius 2 is 1.42 bits per heavy atom. The van der Waals surface area contributed by atoms with E-state index in [2.05, 4.69) is 6.92 Å². The van der Waals surface area contributed by atoms with Crippen molar-refractivity contribution in [3.63, 3.8) is 0 Å². The summed E-state index contributed by atoms with van der Waals surface area (Å²) in [5, 5.41) is 0. The van der Waals surface area contributed by atoms with E-state index in [0.29, 0.717) is 14.7 Å². The number of carbonyl (C=O) groups is 3. The summed E-state index contributed by atoms with van der Waals surface area (Å²) in [6.45, 7) is 7.03. The van der Waals surface area contributed by atoms with E-state index in [1.165, 1.54) is 0 Å². The zero-order valence-electron chi connectivity index (χ0n) is 12.9. The van der Waals surface area contributed by atoms with Gasteiger partial charge in [-0.15, -0.1) is 0 Å². The monoisotopic (exact) mass is 376 g/mol. The van der Waals surface area contributed by atoms with Gasteiger partial charge in [0, 0.05) is 0 Å². The molecule has 0 bridgehead atoms. The van der Waals surface area contributed by atoms with Crippen LogP contribution < -0.4 is 0 Å². The van der Waals surface area contributed by atoms with Gasteiger partial charge >= 0.3 is 121 Å². The summed E-state index contributed by atoms with van der Waals surface area (Å²) in [7, 11) is 0. The molecule has 0 aromatic rings. The molecule has 3 nitrogen and oxygen atoms in total. The number of ketones is 2. The molecule has 0 spiro atoms. The quantitative estimate of drug-likeness (QED) is 0.409. The molecule has 19 heavy (non-hydrogen) atoms. The van der Waals surface area contributed by atoms with Crippen molar-refractivity contribution in [3.05, 3.63) is 0 Å². The molecule has 0 saturated heterocycles. The van der Waals surface area contributed by atoms with Gasteiger partial charge in [-0.05, 0) is 0 Å². The van der Waals surface area contributed by atoms with Gasteiger partial charge in [-0.1, -0.05) is 0 Å². The number of carbonyl (C=O) groups excluding carboxylic acids is 3. The van der Waals surface area contributed by atoms with Gasteiger partial charge in [0.15, 0.2) is 0 Å². The predicted octanol–water partition coefficient (Wildman–Crippen LogP) is 3.71. The number of Topliss-reactive ketones (excluding diaryl/α,β-unsaturated/α-hetero) is 2. The third-order valence-corrected chi connectivity index (χ3v) is 18.9. The van der Waals surface area contributed by atoms with Crippen LogP contribution in [0.1, 0.15) is 59.8 Å². The first-order chi connectivity index (χ1) is 8.84. The Morgan fingerprint density at radius 3 is 1.84 bits per heavy atom. The van der Waals surface area contributed by atoms with Crippen molar-refractivity contribution in [2.45, 2.75) is 73.1 Å². The first kappa shape index (κ1) is 18.8. The molecule has 0 N–H and O–H groups in total. The molecule has 0 rings (SSSR count). The van der Waals surface area contributed by atoms with Crippen LogP contribution in [0.2, 0.25) is 13.3 Å². The molecular weight excluding hydrogens is 347 g/mol. The van der Waals surface area contributed by atoms with E-state index >= 15 is 0 Å². The Kier molecular flexibility index (Phi) is 9.57. The van der Waals surface area contributed by atoms with E-state index in [9.17, 15) is 14.4 Å². The molecule has 0 aromatic heterocycles. The molecule has 0 radical (unpaired) electrons. The summed E-state index contributed by atoms with van der Waals surface area (Å²) in [5.41, 5.74) is 0. The van der Waals surface area contributed by atoms with Crippen molar-refractivity contribution >= 4 is 33.7 Å². The van der Waals surface area contributed by atoms with E-state index in [1.807, 2.05) is 0 Å². The van der Waals surface area contributed by atoms with Gasteiger partial charge in [0.25, 0.3) is 0 Å². The molecule has 0 aromatic carbocycles. The molecule has 4 heteroatoms. The molecule has 0 saturated carbocycles. The molecule has 1 unspecified atom stereocenters. The zero-order chi connectivity index (χ0) is 14.9. The molecular formula is C15H28O3Sn. The zero-order valence-corrected chi connectivity index (χ0v) is 15.7. The van der Waals surface area contributed by atoms with Crippen molar-refractivity contribution in [2.75, 3.05) is 0 Å². The first-order valence-electron chi connectivity index (χ1n) is 7.34. The second kappa shape index (κ2) is 9.67. The molecule has 110 valence electrons. The van der Waals surface area contributed by atoms with Gasteiger partial charge in [0.1, 0.15) is 0 Å². The standard InChI is InChI=1S/C6H11O.C4H9.C3H5O.C2H3O.Sn/c1-3-4-5-6(2)7;1-3-4-2;1-3(2)4;1-2-3;/h1,3-5H2,2H3;1,3-4H2,2H3;1H2,2H3;1H3;. The van der Waals surface area contributed by atoms with Gasteiger partial charge < -0.3 is 0 Å². The van der Waals surface area contributed by atoms with Crippen LogP contribution in [0.15, 0.2) is 0 Å². The number of unbranched alkanes of at least 4 members (excludes halogenated alkanes) is 2. The van der Waals surface area contributed by atoms with E-state index in [4.69, 9.17) is 0 Å². The van der Waals surface area contributed by atoms with E-state index < -0.39 is 18.4 Å². The average molecular weight is 375 g/mol. The van der Waals surface area contributed by atoms with E-state index in [1.54, 1.807) is 20.8 Å². The molecule has 0 heterocycles. The Bertz CT molecular complexity index is 325. The summed E-state index contributed by atoms with van der Waals surface area (Å²) >= 11 is -2.97. The normalized spacial score (nSPS) is 13.9. The third-order valence-electron chi connectivity index (χ3n) is 3.78. The third kappa shape index (κ3) is 7.85. The SMILES string of the molecule is CCC[CH2][Sn]([CH2]CCCC(C)=O)([CH2]C(C)=O)[C](C)=O. The maximum atomic E-state index is 12.1. The minimum atomic E-state index is -2.97. The van der Waals surface area contributed by atoms with Crippen LogP contribution >= 0.6 is 0 Å². The van der Waals surface area contributed by atoms with Gasteiger partial charge in [-0.2, -0.15) is 0 Å². The van der Waals surface area contributed by atoms with Crippen LogP contribution in [0.4, 0.5) is 0 Å². The fraction of sp³-hybridized carbons (Fsp3) is 0.800. The fourth-order valence-electron chi connectivity index (χ4n) is 2.61. The molecule has 0 aliphatic heterocycles. The molecule has 0 fully saturated rings. The summed E-state index contributed by atoms with van der Waals surface area (Å²) in [4.78, 5) is 34.6. The summed E-state index contributed by atoms with van der Waals surface area (Å²) in [5.74, 6) is 0.387. The van der Waals surface area contributed by atoms with Gasteiger partial charge in [-0.25, -0.2) is 0 Å². The Balaban J connectivity index is 4.64. The maximum absolute atomic E-state index is 12.1. The summed E-state index contributed by atoms with van der Waals surface area (Å²) in [6, 6.07) is 0. The van der Waals surface area contributed by atoms with Crippen LogP contribution in [-0.2, 0) is 14.4 Å². The van der Waals surface area contributed by atoms with Crippen molar-refractivity contribution < 1.29 is 14.4 Å². The van der Waals surface area contributed by atoms with Crippen LogP contribution in [-0.4, -0.2) is 33.7 Å². The van der Waals surface area contributed by atoms with Gasteiger partial charge in [0.2, 0.25) is 0 Å². The fourth-order valence-corrected chi connectivity index (χ4v) is 15.4. The predicted molar refractivity (Wildman–Crippen MR) is 81.0 cm³/mol. The molecule has 0 aliphatic rings. The number of hydrogen-bond acceptors (Lipinski definition) is 3. The van der Waals surface area contributed by atoms with Gasteiger partial charge in [-0.3, -0.25) is 0 Å². The summed E-state index contributed by atoms with van der Waals surface area (Å²) < 4.78 is 2.84. The van der Waals surface area contributed by atoms with Crippen molar-refractivity contribution in [3.8, 4) is 0 Å². The van der Waals surface area contributed by atoms with Crippen LogP contribution in [0, 0.1) is 0 Å². The first-order valence-corrected chi connectivity index (χ1v) is 14.8. The second-order valence-corrected chi connectivity index (χ2v) is 18.9. The summed E-state index contributed by atoms with van der Waals surface area (Å²) in [6.07, 6.45) is 4.55. The molecule has 1 atom stereocenters. The number of rotatable bonds is 11. The van der Waals surface area contributed by atoms with Crippen LogP contribution in [0.25, 0.3) is 0 Å². The Labute approximate surface area is 121 Å². The number of hydrogen-bond donors (Lipinski definition) is 0. The average Bonchev–Trinajstić information content (AvgIpc) is 2.30. The minimum absolute atomic E-state index is 0.175. The van der Waals surface area contributed by atoms with Gasteiger partial charge in [0.05, 0.1) is 0 Å².